The summed E-state index contributed by atoms with van der Waals surface area (Å²) in [6.45, 7) is 4.72. The van der Waals surface area contributed by atoms with E-state index in [0.717, 1.165) is 30.3 Å². The predicted molar refractivity (Wildman–Crippen MR) is 84.1 cm³/mol. The van der Waals surface area contributed by atoms with Gasteiger partial charge < -0.3 is 10.2 Å². The van der Waals surface area contributed by atoms with Crippen LogP contribution in [0.5, 0.6) is 0 Å². The summed E-state index contributed by atoms with van der Waals surface area (Å²) in [5.74, 6) is 0. The minimum absolute atomic E-state index is 0.762. The summed E-state index contributed by atoms with van der Waals surface area (Å²) >= 11 is 6.14. The second-order valence-electron chi connectivity index (χ2n) is 4.93. The summed E-state index contributed by atoms with van der Waals surface area (Å²) in [5.41, 5.74) is 3.59. The SMILES string of the molecule is CCNCc1ccc(Cl)cc1N(C)Cc1cnn(C)c1. The quantitative estimate of drug-likeness (QED) is 0.889. The Hall–Kier alpha value is -1.52. The Morgan fingerprint density at radius 2 is 2.20 bits per heavy atom. The number of benzene rings is 1. The van der Waals surface area contributed by atoms with Gasteiger partial charge in [-0.05, 0) is 24.2 Å². The number of hydrogen-bond donors (Lipinski definition) is 1. The molecule has 0 saturated carbocycles. The number of rotatable bonds is 6. The molecule has 1 aromatic heterocycles. The Kier molecular flexibility index (Phi) is 5.04. The normalized spacial score (nSPS) is 10.8. The standard InChI is InChI=1S/C15H21ClN4/c1-4-17-9-13-5-6-14(16)7-15(13)19(2)10-12-8-18-20(3)11-12/h5-8,11,17H,4,9-10H2,1-3H3. The maximum Gasteiger partial charge on any atom is 0.0539 e. The number of nitrogens with zero attached hydrogens (tertiary/aromatic N) is 3. The highest BCUT2D eigenvalue weighted by atomic mass is 35.5. The average molecular weight is 293 g/mol. The highest BCUT2D eigenvalue weighted by molar-refractivity contribution is 6.30. The fraction of sp³-hybridized carbons (Fsp3) is 0.400. The van der Waals surface area contributed by atoms with E-state index < -0.39 is 0 Å². The fourth-order valence-corrected chi connectivity index (χ4v) is 2.38. The molecular weight excluding hydrogens is 272 g/mol. The van der Waals surface area contributed by atoms with E-state index in [4.69, 9.17) is 11.6 Å². The largest absolute Gasteiger partial charge is 0.370 e. The summed E-state index contributed by atoms with van der Waals surface area (Å²) < 4.78 is 1.82. The van der Waals surface area contributed by atoms with E-state index in [2.05, 4.69) is 35.4 Å². The van der Waals surface area contributed by atoms with E-state index in [1.165, 1.54) is 11.1 Å². The second kappa shape index (κ2) is 6.77. The lowest BCUT2D eigenvalue weighted by atomic mass is 10.1. The van der Waals surface area contributed by atoms with E-state index in [-0.39, 0.29) is 0 Å². The molecule has 20 heavy (non-hydrogen) atoms. The van der Waals surface area contributed by atoms with Gasteiger partial charge in [0.05, 0.1) is 6.20 Å². The van der Waals surface area contributed by atoms with E-state index >= 15 is 0 Å². The van der Waals surface area contributed by atoms with Gasteiger partial charge in [-0.3, -0.25) is 4.68 Å². The number of aromatic nitrogens is 2. The Labute approximate surface area is 125 Å². The van der Waals surface area contributed by atoms with Crippen LogP contribution in [-0.4, -0.2) is 23.4 Å². The summed E-state index contributed by atoms with van der Waals surface area (Å²) in [6.07, 6.45) is 3.93. The highest BCUT2D eigenvalue weighted by Crippen LogP contribution is 2.25. The molecule has 0 unspecified atom stereocenters. The Bertz CT molecular complexity index is 565. The first kappa shape index (κ1) is 14.9. The van der Waals surface area contributed by atoms with Crippen molar-refractivity contribution < 1.29 is 0 Å². The molecule has 108 valence electrons. The number of anilines is 1. The van der Waals surface area contributed by atoms with Crippen molar-refractivity contribution in [1.29, 1.82) is 0 Å². The molecule has 1 N–H and O–H groups in total. The molecule has 5 heteroatoms. The van der Waals surface area contributed by atoms with Gasteiger partial charge in [0.15, 0.2) is 0 Å². The number of hydrogen-bond acceptors (Lipinski definition) is 3. The maximum absolute atomic E-state index is 6.14. The summed E-state index contributed by atoms with van der Waals surface area (Å²) in [6, 6.07) is 6.04. The van der Waals surface area contributed by atoms with Gasteiger partial charge in [-0.2, -0.15) is 5.10 Å². The summed E-state index contributed by atoms with van der Waals surface area (Å²) in [7, 11) is 4.01. The maximum atomic E-state index is 6.14. The molecule has 0 spiro atoms. The molecular formula is C15H21ClN4. The Balaban J connectivity index is 2.18. The monoisotopic (exact) mass is 292 g/mol. The molecule has 1 aromatic carbocycles. The van der Waals surface area contributed by atoms with Gasteiger partial charge in [0.1, 0.15) is 0 Å². The molecule has 2 rings (SSSR count). The van der Waals surface area contributed by atoms with Gasteiger partial charge in [0, 0.05) is 49.7 Å². The summed E-state index contributed by atoms with van der Waals surface area (Å²) in [4.78, 5) is 2.20. The van der Waals surface area contributed by atoms with Crippen molar-refractivity contribution >= 4 is 17.3 Å². The third-order valence-electron chi connectivity index (χ3n) is 3.20. The van der Waals surface area contributed by atoms with Gasteiger partial charge in [0.25, 0.3) is 0 Å². The van der Waals surface area contributed by atoms with Crippen molar-refractivity contribution in [2.45, 2.75) is 20.0 Å². The summed E-state index contributed by atoms with van der Waals surface area (Å²) in [5, 5.41) is 8.33. The smallest absolute Gasteiger partial charge is 0.0539 e. The van der Waals surface area contributed by atoms with Crippen LogP contribution in [0.25, 0.3) is 0 Å². The van der Waals surface area contributed by atoms with Crippen LogP contribution in [0.2, 0.25) is 5.02 Å². The zero-order chi connectivity index (χ0) is 14.5. The molecule has 0 aliphatic carbocycles. The molecule has 0 amide bonds. The number of halogens is 1. The Morgan fingerprint density at radius 1 is 1.40 bits per heavy atom. The first-order chi connectivity index (χ1) is 9.60. The van der Waals surface area contributed by atoms with Crippen LogP contribution in [0.15, 0.2) is 30.6 Å². The van der Waals surface area contributed by atoms with Crippen LogP contribution in [0.1, 0.15) is 18.1 Å². The molecule has 0 aliphatic rings. The lowest BCUT2D eigenvalue weighted by molar-refractivity contribution is 0.723. The molecule has 0 atom stereocenters. The predicted octanol–water partition coefficient (Wildman–Crippen LogP) is 2.82. The minimum atomic E-state index is 0.762. The highest BCUT2D eigenvalue weighted by Gasteiger charge is 2.09. The van der Waals surface area contributed by atoms with Crippen LogP contribution >= 0.6 is 11.6 Å². The zero-order valence-electron chi connectivity index (χ0n) is 12.2. The molecule has 0 bridgehead atoms. The first-order valence-corrected chi connectivity index (χ1v) is 7.15. The third kappa shape index (κ3) is 3.74. The average Bonchev–Trinajstić information content (AvgIpc) is 2.82. The van der Waals surface area contributed by atoms with E-state index in [1.807, 2.05) is 36.3 Å². The fourth-order valence-electron chi connectivity index (χ4n) is 2.21. The van der Waals surface area contributed by atoms with Crippen LogP contribution in [-0.2, 0) is 20.1 Å². The molecule has 4 nitrogen and oxygen atoms in total. The number of aryl methyl sites for hydroxylation is 1. The van der Waals surface area contributed by atoms with Crippen molar-refractivity contribution in [3.05, 3.63) is 46.7 Å². The molecule has 0 radical (unpaired) electrons. The van der Waals surface area contributed by atoms with Crippen LogP contribution < -0.4 is 10.2 Å². The lowest BCUT2D eigenvalue weighted by Crippen LogP contribution is -2.20. The van der Waals surface area contributed by atoms with E-state index in [0.29, 0.717) is 0 Å². The third-order valence-corrected chi connectivity index (χ3v) is 3.44. The molecule has 0 saturated heterocycles. The second-order valence-corrected chi connectivity index (χ2v) is 5.37. The van der Waals surface area contributed by atoms with Crippen LogP contribution in [0, 0.1) is 0 Å². The van der Waals surface area contributed by atoms with Gasteiger partial charge >= 0.3 is 0 Å². The topological polar surface area (TPSA) is 33.1 Å². The van der Waals surface area contributed by atoms with Crippen molar-refractivity contribution in [3.8, 4) is 0 Å². The molecule has 0 fully saturated rings. The zero-order valence-corrected chi connectivity index (χ0v) is 13.0. The molecule has 0 aliphatic heterocycles. The molecule has 2 aromatic rings. The van der Waals surface area contributed by atoms with E-state index in [9.17, 15) is 0 Å². The van der Waals surface area contributed by atoms with Crippen LogP contribution in [0.4, 0.5) is 5.69 Å². The van der Waals surface area contributed by atoms with Gasteiger partial charge in [-0.25, -0.2) is 0 Å². The van der Waals surface area contributed by atoms with Gasteiger partial charge in [-0.15, -0.1) is 0 Å². The Morgan fingerprint density at radius 3 is 2.85 bits per heavy atom. The van der Waals surface area contributed by atoms with E-state index in [1.54, 1.807) is 0 Å². The van der Waals surface area contributed by atoms with Gasteiger partial charge in [-0.1, -0.05) is 24.6 Å². The minimum Gasteiger partial charge on any atom is -0.370 e. The van der Waals surface area contributed by atoms with Crippen molar-refractivity contribution in [2.75, 3.05) is 18.5 Å². The van der Waals surface area contributed by atoms with Crippen molar-refractivity contribution in [3.63, 3.8) is 0 Å². The number of nitrogens with one attached hydrogen (secondary N) is 1. The van der Waals surface area contributed by atoms with Crippen molar-refractivity contribution in [2.24, 2.45) is 7.05 Å². The lowest BCUT2D eigenvalue weighted by Gasteiger charge is -2.22. The first-order valence-electron chi connectivity index (χ1n) is 6.78. The molecule has 1 heterocycles. The van der Waals surface area contributed by atoms with Crippen molar-refractivity contribution in [1.82, 2.24) is 15.1 Å². The van der Waals surface area contributed by atoms with Gasteiger partial charge in [0.2, 0.25) is 0 Å². The van der Waals surface area contributed by atoms with Crippen LogP contribution in [0.3, 0.4) is 0 Å².